The largest absolute Gasteiger partial charge is 0.508 e. The minimum absolute atomic E-state index is 0.281. The minimum atomic E-state index is 0.281. The molecule has 0 aromatic heterocycles. The summed E-state index contributed by atoms with van der Waals surface area (Å²) in [6.07, 6.45) is 2.63. The van der Waals surface area contributed by atoms with Gasteiger partial charge in [-0.3, -0.25) is 4.79 Å². The van der Waals surface area contributed by atoms with Crippen LogP contribution in [0.1, 0.15) is 24.8 Å². The molecule has 2 aromatic rings. The Morgan fingerprint density at radius 3 is 2.67 bits per heavy atom. The lowest BCUT2D eigenvalue weighted by Gasteiger charge is -2.15. The summed E-state index contributed by atoms with van der Waals surface area (Å²) in [5.74, 6) is 0.597. The fourth-order valence-corrected chi connectivity index (χ4v) is 3.10. The van der Waals surface area contributed by atoms with Gasteiger partial charge in [-0.2, -0.15) is 0 Å². The predicted octanol–water partition coefficient (Wildman–Crippen LogP) is 3.16. The first kappa shape index (κ1) is 16.5. The third kappa shape index (κ3) is 4.15. The predicted molar refractivity (Wildman–Crippen MR) is 95.7 cm³/mol. The summed E-state index contributed by atoms with van der Waals surface area (Å²) in [5, 5.41) is 13.4. The maximum Gasteiger partial charge on any atom is 0.222 e. The normalized spacial score (nSPS) is 14.3. The molecule has 0 bridgehead atoms. The summed E-state index contributed by atoms with van der Waals surface area (Å²) in [7, 11) is 0. The summed E-state index contributed by atoms with van der Waals surface area (Å²) in [5.41, 5.74) is 3.15. The second kappa shape index (κ2) is 7.97. The van der Waals surface area contributed by atoms with Gasteiger partial charge < -0.3 is 15.3 Å². The first-order chi connectivity index (χ1) is 11.7. The number of carbonyl (C=O) groups is 1. The van der Waals surface area contributed by atoms with E-state index in [1.165, 1.54) is 0 Å². The van der Waals surface area contributed by atoms with E-state index in [1.54, 1.807) is 6.07 Å². The van der Waals surface area contributed by atoms with Crippen LogP contribution in [0.3, 0.4) is 0 Å². The molecule has 1 fully saturated rings. The van der Waals surface area contributed by atoms with Crippen LogP contribution in [0.2, 0.25) is 0 Å². The summed E-state index contributed by atoms with van der Waals surface area (Å²) in [4.78, 5) is 13.5. The molecule has 1 heterocycles. The average molecular weight is 324 g/mol. The highest BCUT2D eigenvalue weighted by atomic mass is 16.3. The fraction of sp³-hybridized carbons (Fsp3) is 0.350. The molecule has 0 unspecified atom stereocenters. The number of likely N-dealkylation sites (tertiary alicyclic amines) is 1. The van der Waals surface area contributed by atoms with Gasteiger partial charge in [-0.25, -0.2) is 0 Å². The topological polar surface area (TPSA) is 52.6 Å². The van der Waals surface area contributed by atoms with E-state index in [4.69, 9.17) is 0 Å². The molecule has 0 spiro atoms. The van der Waals surface area contributed by atoms with Gasteiger partial charge in [0.15, 0.2) is 0 Å². The molecule has 3 rings (SSSR count). The fourth-order valence-electron chi connectivity index (χ4n) is 3.10. The molecule has 1 aliphatic rings. The van der Waals surface area contributed by atoms with Crippen LogP contribution in [0.4, 0.5) is 0 Å². The molecule has 0 aliphatic carbocycles. The maximum atomic E-state index is 11.5. The molecule has 24 heavy (non-hydrogen) atoms. The zero-order valence-corrected chi connectivity index (χ0v) is 13.9. The van der Waals surface area contributed by atoms with Gasteiger partial charge in [-0.05, 0) is 42.6 Å². The molecule has 0 saturated carbocycles. The van der Waals surface area contributed by atoms with Gasteiger partial charge >= 0.3 is 0 Å². The molecule has 126 valence electrons. The van der Waals surface area contributed by atoms with Gasteiger partial charge in [0.1, 0.15) is 5.75 Å². The molecule has 4 nitrogen and oxygen atoms in total. The van der Waals surface area contributed by atoms with E-state index in [1.807, 2.05) is 35.2 Å². The van der Waals surface area contributed by atoms with Gasteiger partial charge in [-0.15, -0.1) is 0 Å². The van der Waals surface area contributed by atoms with Crippen LogP contribution >= 0.6 is 0 Å². The Labute approximate surface area is 143 Å². The van der Waals surface area contributed by atoms with E-state index in [9.17, 15) is 9.90 Å². The van der Waals surface area contributed by atoms with Crippen molar-refractivity contribution in [3.8, 4) is 16.9 Å². The van der Waals surface area contributed by atoms with Gasteiger partial charge in [0.25, 0.3) is 0 Å². The van der Waals surface area contributed by atoms with Crippen LogP contribution in [0.5, 0.6) is 5.75 Å². The molecule has 1 saturated heterocycles. The molecule has 1 amide bonds. The van der Waals surface area contributed by atoms with Crippen molar-refractivity contribution in [1.82, 2.24) is 10.2 Å². The zero-order valence-electron chi connectivity index (χ0n) is 13.9. The van der Waals surface area contributed by atoms with Crippen LogP contribution in [0.15, 0.2) is 48.5 Å². The lowest BCUT2D eigenvalue weighted by molar-refractivity contribution is -0.127. The Hall–Kier alpha value is -2.33. The van der Waals surface area contributed by atoms with Gasteiger partial charge in [0, 0.05) is 31.6 Å². The Kier molecular flexibility index (Phi) is 5.49. The van der Waals surface area contributed by atoms with Crippen LogP contribution in [0.25, 0.3) is 11.1 Å². The first-order valence-electron chi connectivity index (χ1n) is 8.60. The lowest BCUT2D eigenvalue weighted by atomic mass is 10.0. The SMILES string of the molecule is O=C1CCCN1CCCNCc1cc(-c2ccccc2)ccc1O. The molecular weight excluding hydrogens is 300 g/mol. The molecule has 1 aliphatic heterocycles. The number of benzene rings is 2. The highest BCUT2D eigenvalue weighted by Gasteiger charge is 2.18. The molecule has 4 heteroatoms. The number of aromatic hydroxyl groups is 1. The monoisotopic (exact) mass is 324 g/mol. The second-order valence-corrected chi connectivity index (χ2v) is 6.22. The van der Waals surface area contributed by atoms with Crippen molar-refractivity contribution < 1.29 is 9.90 Å². The Morgan fingerprint density at radius 1 is 1.08 bits per heavy atom. The van der Waals surface area contributed by atoms with Crippen molar-refractivity contribution in [2.45, 2.75) is 25.8 Å². The van der Waals surface area contributed by atoms with E-state index >= 15 is 0 Å². The van der Waals surface area contributed by atoms with Crippen LogP contribution in [-0.4, -0.2) is 35.5 Å². The number of nitrogens with one attached hydrogen (secondary N) is 1. The minimum Gasteiger partial charge on any atom is -0.508 e. The zero-order chi connectivity index (χ0) is 16.8. The highest BCUT2D eigenvalue weighted by molar-refractivity contribution is 5.78. The number of amides is 1. The number of nitrogens with zero attached hydrogens (tertiary/aromatic N) is 1. The lowest BCUT2D eigenvalue weighted by Crippen LogP contribution is -2.28. The number of carbonyl (C=O) groups excluding carboxylic acids is 1. The van der Waals surface area contributed by atoms with Crippen LogP contribution in [0, 0.1) is 0 Å². The molecular formula is C20H24N2O2. The molecule has 0 atom stereocenters. The van der Waals surface area contributed by atoms with Crippen molar-refractivity contribution >= 4 is 5.91 Å². The summed E-state index contributed by atoms with van der Waals surface area (Å²) >= 11 is 0. The van der Waals surface area contributed by atoms with Crippen molar-refractivity contribution in [3.05, 3.63) is 54.1 Å². The quantitative estimate of drug-likeness (QED) is 0.769. The third-order valence-electron chi connectivity index (χ3n) is 4.46. The van der Waals surface area contributed by atoms with E-state index in [0.29, 0.717) is 18.7 Å². The van der Waals surface area contributed by atoms with E-state index in [0.717, 1.165) is 49.2 Å². The van der Waals surface area contributed by atoms with Crippen molar-refractivity contribution in [2.75, 3.05) is 19.6 Å². The summed E-state index contributed by atoms with van der Waals surface area (Å²) < 4.78 is 0. The van der Waals surface area contributed by atoms with Gasteiger partial charge in [0.05, 0.1) is 0 Å². The van der Waals surface area contributed by atoms with Crippen LogP contribution < -0.4 is 5.32 Å². The second-order valence-electron chi connectivity index (χ2n) is 6.22. The standard InChI is InChI=1S/C20H24N2O2/c23-19-10-9-17(16-6-2-1-3-7-16)14-18(19)15-21-11-5-13-22-12-4-8-20(22)24/h1-3,6-7,9-10,14,21,23H,4-5,8,11-13,15H2. The molecule has 2 N–H and O–H groups in total. The van der Waals surface area contributed by atoms with Crippen molar-refractivity contribution in [3.63, 3.8) is 0 Å². The maximum absolute atomic E-state index is 11.5. The first-order valence-corrected chi connectivity index (χ1v) is 8.60. The number of hydrogen-bond acceptors (Lipinski definition) is 3. The Morgan fingerprint density at radius 2 is 1.92 bits per heavy atom. The smallest absolute Gasteiger partial charge is 0.222 e. The van der Waals surface area contributed by atoms with E-state index in [2.05, 4.69) is 17.4 Å². The number of phenols is 1. The van der Waals surface area contributed by atoms with Gasteiger partial charge in [-0.1, -0.05) is 36.4 Å². The van der Waals surface area contributed by atoms with Gasteiger partial charge in [0.2, 0.25) is 5.91 Å². The van der Waals surface area contributed by atoms with E-state index < -0.39 is 0 Å². The number of hydrogen-bond donors (Lipinski definition) is 2. The van der Waals surface area contributed by atoms with Crippen LogP contribution in [-0.2, 0) is 11.3 Å². The number of phenolic OH excluding ortho intramolecular Hbond substituents is 1. The van der Waals surface area contributed by atoms with Crippen molar-refractivity contribution in [1.29, 1.82) is 0 Å². The molecule has 2 aromatic carbocycles. The third-order valence-corrected chi connectivity index (χ3v) is 4.46. The Bertz CT molecular complexity index is 685. The summed E-state index contributed by atoms with van der Waals surface area (Å²) in [6.45, 7) is 3.18. The highest BCUT2D eigenvalue weighted by Crippen LogP contribution is 2.25. The summed E-state index contributed by atoms with van der Waals surface area (Å²) in [6, 6.07) is 15.9. The van der Waals surface area contributed by atoms with E-state index in [-0.39, 0.29) is 5.91 Å². The average Bonchev–Trinajstić information content (AvgIpc) is 3.02. The van der Waals surface area contributed by atoms with Crippen molar-refractivity contribution in [2.24, 2.45) is 0 Å². The Balaban J connectivity index is 1.50. The molecule has 0 radical (unpaired) electrons. The number of rotatable bonds is 7.